The molecule has 0 aliphatic carbocycles. The molecule has 1 rings (SSSR count). The molecule has 0 fully saturated rings. The van der Waals surface area contributed by atoms with E-state index in [9.17, 15) is 4.79 Å². The largest absolute Gasteiger partial charge is 0.353 e. The average molecular weight is 233 g/mol. The van der Waals surface area contributed by atoms with Crippen LogP contribution in [0.2, 0.25) is 0 Å². The molecule has 1 aromatic carbocycles. The minimum atomic E-state index is -0.00444. The molecule has 0 saturated carbocycles. The van der Waals surface area contributed by atoms with E-state index in [4.69, 9.17) is 0 Å². The van der Waals surface area contributed by atoms with Gasteiger partial charge in [0.25, 0.3) is 0 Å². The highest BCUT2D eigenvalue weighted by molar-refractivity contribution is 5.83. The first-order valence-electron chi connectivity index (χ1n) is 6.54. The quantitative estimate of drug-likeness (QED) is 0.800. The number of amides is 1. The summed E-state index contributed by atoms with van der Waals surface area (Å²) in [5.41, 5.74) is 1.12. The molecular weight excluding hydrogens is 210 g/mol. The van der Waals surface area contributed by atoms with Crippen molar-refractivity contribution in [1.29, 1.82) is 0 Å². The fourth-order valence-corrected chi connectivity index (χ4v) is 1.87. The van der Waals surface area contributed by atoms with E-state index in [1.807, 2.05) is 37.3 Å². The molecule has 0 radical (unpaired) electrons. The van der Waals surface area contributed by atoms with Crippen LogP contribution in [-0.2, 0) is 4.79 Å². The molecule has 1 N–H and O–H groups in total. The van der Waals surface area contributed by atoms with Crippen molar-refractivity contribution in [1.82, 2.24) is 5.32 Å². The van der Waals surface area contributed by atoms with Gasteiger partial charge >= 0.3 is 0 Å². The summed E-state index contributed by atoms with van der Waals surface area (Å²) in [6, 6.07) is 10.3. The molecule has 2 nitrogen and oxygen atoms in total. The van der Waals surface area contributed by atoms with Crippen LogP contribution in [0.5, 0.6) is 0 Å². The van der Waals surface area contributed by atoms with Crippen molar-refractivity contribution in [3.05, 3.63) is 35.9 Å². The van der Waals surface area contributed by atoms with Crippen LogP contribution in [0.4, 0.5) is 0 Å². The van der Waals surface area contributed by atoms with Gasteiger partial charge in [-0.3, -0.25) is 4.79 Å². The van der Waals surface area contributed by atoms with Gasteiger partial charge in [-0.25, -0.2) is 0 Å². The van der Waals surface area contributed by atoms with Gasteiger partial charge in [-0.15, -0.1) is 0 Å². The normalized spacial score (nSPS) is 14.1. The molecule has 2 unspecified atom stereocenters. The van der Waals surface area contributed by atoms with Gasteiger partial charge in [0.05, 0.1) is 5.92 Å². The van der Waals surface area contributed by atoms with Crippen LogP contribution in [0.3, 0.4) is 0 Å². The van der Waals surface area contributed by atoms with E-state index in [1.54, 1.807) is 0 Å². The lowest BCUT2D eigenvalue weighted by molar-refractivity contribution is -0.123. The summed E-state index contributed by atoms with van der Waals surface area (Å²) in [6.07, 6.45) is 2.90. The van der Waals surface area contributed by atoms with Crippen molar-refractivity contribution in [3.8, 4) is 0 Å². The number of hydrogen-bond acceptors (Lipinski definition) is 1. The van der Waals surface area contributed by atoms with Crippen molar-refractivity contribution in [2.75, 3.05) is 0 Å². The summed E-state index contributed by atoms with van der Waals surface area (Å²) in [6.45, 7) is 6.25. The number of carbonyl (C=O) groups excluding carboxylic acids is 1. The highest BCUT2D eigenvalue weighted by atomic mass is 16.1. The van der Waals surface area contributed by atoms with E-state index in [0.717, 1.165) is 24.8 Å². The van der Waals surface area contributed by atoms with Gasteiger partial charge in [-0.05, 0) is 25.3 Å². The van der Waals surface area contributed by atoms with E-state index in [0.29, 0.717) is 0 Å². The lowest BCUT2D eigenvalue weighted by Crippen LogP contribution is -2.35. The number of carbonyl (C=O) groups is 1. The van der Waals surface area contributed by atoms with Gasteiger partial charge in [-0.1, -0.05) is 50.6 Å². The molecule has 0 spiro atoms. The summed E-state index contributed by atoms with van der Waals surface area (Å²) in [7, 11) is 0. The Morgan fingerprint density at radius 2 is 1.88 bits per heavy atom. The van der Waals surface area contributed by atoms with Crippen LogP contribution < -0.4 is 5.32 Å². The van der Waals surface area contributed by atoms with Gasteiger partial charge in [0.15, 0.2) is 0 Å². The summed E-state index contributed by atoms with van der Waals surface area (Å²) >= 11 is 0. The predicted octanol–water partition coefficient (Wildman–Crippen LogP) is 3.49. The fourth-order valence-electron chi connectivity index (χ4n) is 1.87. The number of benzene rings is 1. The second-order valence-corrected chi connectivity index (χ2v) is 4.57. The topological polar surface area (TPSA) is 29.1 Å². The van der Waals surface area contributed by atoms with Crippen molar-refractivity contribution in [2.24, 2.45) is 0 Å². The predicted molar refractivity (Wildman–Crippen MR) is 72.0 cm³/mol. The third-order valence-electron chi connectivity index (χ3n) is 3.10. The Hall–Kier alpha value is -1.31. The molecule has 0 heterocycles. The molecule has 17 heavy (non-hydrogen) atoms. The zero-order valence-electron chi connectivity index (χ0n) is 11.1. The summed E-state index contributed by atoms with van der Waals surface area (Å²) in [5.74, 6) is 0.155. The molecule has 0 aromatic heterocycles. The summed E-state index contributed by atoms with van der Waals surface area (Å²) in [4.78, 5) is 12.2. The fraction of sp³-hybridized carbons (Fsp3) is 0.533. The molecule has 94 valence electrons. The standard InChI is InChI=1S/C15H23NO/c1-4-9-14(13-10-7-6-8-11-13)15(17)16-12(3)5-2/h6-8,10-12,14H,4-5,9H2,1-3H3,(H,16,17). The van der Waals surface area contributed by atoms with Gasteiger partial charge < -0.3 is 5.32 Å². The molecule has 1 amide bonds. The van der Waals surface area contributed by atoms with Gasteiger partial charge in [0.1, 0.15) is 0 Å². The molecule has 1 aromatic rings. The SMILES string of the molecule is CCCC(C(=O)NC(C)CC)c1ccccc1. The van der Waals surface area contributed by atoms with Crippen LogP contribution in [0.25, 0.3) is 0 Å². The monoisotopic (exact) mass is 233 g/mol. The van der Waals surface area contributed by atoms with Crippen LogP contribution in [0.15, 0.2) is 30.3 Å². The van der Waals surface area contributed by atoms with Crippen LogP contribution in [-0.4, -0.2) is 11.9 Å². The third-order valence-corrected chi connectivity index (χ3v) is 3.10. The number of hydrogen-bond donors (Lipinski definition) is 1. The Kier molecular flexibility index (Phi) is 5.75. The highest BCUT2D eigenvalue weighted by Crippen LogP contribution is 2.21. The second kappa shape index (κ2) is 7.10. The summed E-state index contributed by atoms with van der Waals surface area (Å²) < 4.78 is 0. The average Bonchev–Trinajstić information content (AvgIpc) is 2.36. The maximum absolute atomic E-state index is 12.2. The summed E-state index contributed by atoms with van der Waals surface area (Å²) in [5, 5.41) is 3.07. The van der Waals surface area contributed by atoms with Crippen molar-refractivity contribution in [3.63, 3.8) is 0 Å². The van der Waals surface area contributed by atoms with E-state index >= 15 is 0 Å². The van der Waals surface area contributed by atoms with Crippen LogP contribution >= 0.6 is 0 Å². The molecule has 0 bridgehead atoms. The lowest BCUT2D eigenvalue weighted by Gasteiger charge is -2.19. The Bertz CT molecular complexity index is 334. The van der Waals surface area contributed by atoms with E-state index in [2.05, 4.69) is 19.2 Å². The molecule has 2 atom stereocenters. The van der Waals surface area contributed by atoms with E-state index in [1.165, 1.54) is 0 Å². The van der Waals surface area contributed by atoms with Crippen LogP contribution in [0.1, 0.15) is 51.5 Å². The Balaban J connectivity index is 2.75. The van der Waals surface area contributed by atoms with Crippen LogP contribution in [0, 0.1) is 0 Å². The molecule has 2 heteroatoms. The minimum Gasteiger partial charge on any atom is -0.353 e. The Morgan fingerprint density at radius 3 is 2.41 bits per heavy atom. The Morgan fingerprint density at radius 1 is 1.24 bits per heavy atom. The van der Waals surface area contributed by atoms with Crippen molar-refractivity contribution in [2.45, 2.75) is 52.0 Å². The first kappa shape index (κ1) is 13.8. The maximum atomic E-state index is 12.2. The third kappa shape index (κ3) is 4.22. The highest BCUT2D eigenvalue weighted by Gasteiger charge is 2.20. The zero-order valence-corrected chi connectivity index (χ0v) is 11.1. The Labute approximate surface area is 104 Å². The minimum absolute atomic E-state index is 0.00444. The molecule has 0 aliphatic heterocycles. The molecule has 0 aliphatic rings. The van der Waals surface area contributed by atoms with Gasteiger partial charge in [0.2, 0.25) is 5.91 Å². The smallest absolute Gasteiger partial charge is 0.227 e. The molecule has 0 saturated heterocycles. The maximum Gasteiger partial charge on any atom is 0.227 e. The van der Waals surface area contributed by atoms with Gasteiger partial charge in [0, 0.05) is 6.04 Å². The van der Waals surface area contributed by atoms with E-state index < -0.39 is 0 Å². The van der Waals surface area contributed by atoms with Crippen molar-refractivity contribution >= 4 is 5.91 Å². The first-order chi connectivity index (χ1) is 8.19. The first-order valence-corrected chi connectivity index (χ1v) is 6.54. The van der Waals surface area contributed by atoms with E-state index in [-0.39, 0.29) is 17.9 Å². The number of nitrogens with one attached hydrogen (secondary N) is 1. The number of rotatable bonds is 6. The molecular formula is C15H23NO. The zero-order chi connectivity index (χ0) is 12.7. The lowest BCUT2D eigenvalue weighted by atomic mass is 9.93. The van der Waals surface area contributed by atoms with Crippen molar-refractivity contribution < 1.29 is 4.79 Å². The van der Waals surface area contributed by atoms with Gasteiger partial charge in [-0.2, -0.15) is 0 Å². The second-order valence-electron chi connectivity index (χ2n) is 4.57.